The van der Waals surface area contributed by atoms with Crippen LogP contribution in [0.4, 0.5) is 0 Å². The Kier molecular flexibility index (Phi) is 4.65. The van der Waals surface area contributed by atoms with Gasteiger partial charge in [-0.3, -0.25) is 4.79 Å². The summed E-state index contributed by atoms with van der Waals surface area (Å²) in [7, 11) is 1.95. The summed E-state index contributed by atoms with van der Waals surface area (Å²) in [6, 6.07) is 29.0. The summed E-state index contributed by atoms with van der Waals surface area (Å²) in [4.78, 5) is 17.8. The van der Waals surface area contributed by atoms with Crippen LogP contribution < -0.4 is 9.54 Å². The van der Waals surface area contributed by atoms with Crippen molar-refractivity contribution < 1.29 is 9.53 Å². The number of aromatic nitrogens is 1. The average molecular weight is 410 g/mol. The van der Waals surface area contributed by atoms with Gasteiger partial charge in [0, 0.05) is 18.0 Å². The summed E-state index contributed by atoms with van der Waals surface area (Å²) in [6.07, 6.45) is 0. The van der Waals surface area contributed by atoms with E-state index in [9.17, 15) is 4.79 Å². The molecule has 4 aromatic carbocycles. The predicted octanol–water partition coefficient (Wildman–Crippen LogP) is 5.93. The van der Waals surface area contributed by atoms with E-state index >= 15 is 0 Å². The zero-order chi connectivity index (χ0) is 20.5. The van der Waals surface area contributed by atoms with Crippen molar-refractivity contribution in [3.05, 3.63) is 101 Å². The van der Waals surface area contributed by atoms with Gasteiger partial charge in [0.1, 0.15) is 11.5 Å². The quantitative estimate of drug-likeness (QED) is 0.370. The minimum absolute atomic E-state index is 0.271. The maximum Gasteiger partial charge on any atom is 0.279 e. The van der Waals surface area contributed by atoms with Crippen LogP contribution in [0.3, 0.4) is 0 Å². The first-order chi connectivity index (χ1) is 14.7. The largest absolute Gasteiger partial charge is 0.457 e. The van der Waals surface area contributed by atoms with E-state index in [0.717, 1.165) is 21.4 Å². The van der Waals surface area contributed by atoms with Gasteiger partial charge in [0.25, 0.3) is 5.91 Å². The van der Waals surface area contributed by atoms with E-state index < -0.39 is 0 Å². The maximum atomic E-state index is 12.8. The molecule has 0 saturated carbocycles. The number of hydrogen-bond acceptors (Lipinski definition) is 3. The minimum atomic E-state index is -0.271. The SMILES string of the molecule is Cn1c(=NC(=O)c2ccc(Oc3ccccc3)cc2)sc2ccc3ccccc3c21. The molecular formula is C25H18N2O2S. The molecule has 5 aromatic rings. The molecule has 0 aliphatic carbocycles. The first-order valence-electron chi connectivity index (χ1n) is 9.58. The third-order valence-electron chi connectivity index (χ3n) is 4.96. The molecule has 4 nitrogen and oxygen atoms in total. The van der Waals surface area contributed by atoms with Crippen molar-refractivity contribution in [3.8, 4) is 11.5 Å². The van der Waals surface area contributed by atoms with Crippen LogP contribution in [0.15, 0.2) is 96.0 Å². The molecule has 5 heteroatoms. The molecule has 5 rings (SSSR count). The van der Waals surface area contributed by atoms with Crippen LogP contribution in [-0.2, 0) is 7.05 Å². The number of ether oxygens (including phenoxy) is 1. The first-order valence-corrected chi connectivity index (χ1v) is 10.4. The monoisotopic (exact) mass is 410 g/mol. The van der Waals surface area contributed by atoms with E-state index in [1.54, 1.807) is 24.3 Å². The minimum Gasteiger partial charge on any atom is -0.457 e. The zero-order valence-electron chi connectivity index (χ0n) is 16.3. The second-order valence-electron chi connectivity index (χ2n) is 6.93. The topological polar surface area (TPSA) is 43.6 Å². The van der Waals surface area contributed by atoms with Gasteiger partial charge in [-0.15, -0.1) is 0 Å². The second-order valence-corrected chi connectivity index (χ2v) is 7.94. The standard InChI is InChI=1S/C25H18N2O2S/c1-27-23-21-10-6-5-7-17(21)13-16-22(23)30-25(27)26-24(28)18-11-14-20(15-12-18)29-19-8-3-2-4-9-19/h2-16H,1H3. The van der Waals surface area contributed by atoms with Gasteiger partial charge >= 0.3 is 0 Å². The van der Waals surface area contributed by atoms with Gasteiger partial charge in [-0.2, -0.15) is 4.99 Å². The van der Waals surface area contributed by atoms with Gasteiger partial charge in [0.15, 0.2) is 4.80 Å². The molecule has 0 aliphatic rings. The zero-order valence-corrected chi connectivity index (χ0v) is 17.1. The Hall–Kier alpha value is -3.70. The van der Waals surface area contributed by atoms with Crippen molar-refractivity contribution in [2.45, 2.75) is 0 Å². The lowest BCUT2D eigenvalue weighted by Crippen LogP contribution is -2.13. The Morgan fingerprint density at radius 1 is 0.833 bits per heavy atom. The number of carbonyl (C=O) groups excluding carboxylic acids is 1. The lowest BCUT2D eigenvalue weighted by molar-refractivity contribution is 0.0998. The van der Waals surface area contributed by atoms with Crippen LogP contribution in [-0.4, -0.2) is 10.5 Å². The summed E-state index contributed by atoms with van der Waals surface area (Å²) in [5.41, 5.74) is 1.62. The highest BCUT2D eigenvalue weighted by molar-refractivity contribution is 7.16. The molecule has 1 aromatic heterocycles. The lowest BCUT2D eigenvalue weighted by Gasteiger charge is -2.05. The molecule has 0 bridgehead atoms. The van der Waals surface area contributed by atoms with Crippen molar-refractivity contribution >= 4 is 38.2 Å². The Labute approximate surface area is 177 Å². The van der Waals surface area contributed by atoms with Gasteiger partial charge in [-0.1, -0.05) is 59.9 Å². The van der Waals surface area contributed by atoms with Gasteiger partial charge in [0.2, 0.25) is 0 Å². The fourth-order valence-corrected chi connectivity index (χ4v) is 4.50. The summed E-state index contributed by atoms with van der Waals surface area (Å²) in [5.74, 6) is 1.16. The molecule has 0 N–H and O–H groups in total. The Balaban J connectivity index is 1.47. The second kappa shape index (κ2) is 7.61. The van der Waals surface area contributed by atoms with E-state index in [2.05, 4.69) is 29.3 Å². The molecule has 0 saturated heterocycles. The van der Waals surface area contributed by atoms with E-state index in [1.165, 1.54) is 16.7 Å². The number of aryl methyl sites for hydroxylation is 1. The number of fused-ring (bicyclic) bond motifs is 3. The maximum absolute atomic E-state index is 12.8. The van der Waals surface area contributed by atoms with Crippen molar-refractivity contribution in [2.75, 3.05) is 0 Å². The van der Waals surface area contributed by atoms with Gasteiger partial charge in [0.05, 0.1) is 10.2 Å². The lowest BCUT2D eigenvalue weighted by atomic mass is 10.1. The van der Waals surface area contributed by atoms with Crippen LogP contribution in [0.5, 0.6) is 11.5 Å². The van der Waals surface area contributed by atoms with E-state index in [1.807, 2.05) is 54.1 Å². The Morgan fingerprint density at radius 3 is 2.33 bits per heavy atom. The van der Waals surface area contributed by atoms with Crippen molar-refractivity contribution in [1.82, 2.24) is 4.57 Å². The third kappa shape index (κ3) is 3.40. The van der Waals surface area contributed by atoms with Crippen LogP contribution in [0.25, 0.3) is 21.0 Å². The third-order valence-corrected chi connectivity index (χ3v) is 6.06. The van der Waals surface area contributed by atoms with Crippen LogP contribution in [0.2, 0.25) is 0 Å². The van der Waals surface area contributed by atoms with E-state index in [-0.39, 0.29) is 5.91 Å². The van der Waals surface area contributed by atoms with Gasteiger partial charge in [-0.25, -0.2) is 0 Å². The molecule has 0 atom stereocenters. The average Bonchev–Trinajstić information content (AvgIpc) is 3.10. The summed E-state index contributed by atoms with van der Waals surface area (Å²) in [6.45, 7) is 0. The highest BCUT2D eigenvalue weighted by Crippen LogP contribution is 2.26. The molecule has 0 radical (unpaired) electrons. The fourth-order valence-electron chi connectivity index (χ4n) is 3.47. The molecule has 1 amide bonds. The Morgan fingerprint density at radius 2 is 1.53 bits per heavy atom. The smallest absolute Gasteiger partial charge is 0.279 e. The van der Waals surface area contributed by atoms with Crippen LogP contribution in [0.1, 0.15) is 10.4 Å². The molecule has 146 valence electrons. The number of thiazole rings is 1. The molecular weight excluding hydrogens is 392 g/mol. The summed E-state index contributed by atoms with van der Waals surface area (Å²) >= 11 is 1.52. The molecule has 1 heterocycles. The molecule has 0 aliphatic heterocycles. The van der Waals surface area contributed by atoms with Crippen molar-refractivity contribution in [3.63, 3.8) is 0 Å². The van der Waals surface area contributed by atoms with E-state index in [0.29, 0.717) is 16.1 Å². The van der Waals surface area contributed by atoms with Gasteiger partial charge in [-0.05, 0) is 47.9 Å². The van der Waals surface area contributed by atoms with Crippen LogP contribution in [0, 0.1) is 0 Å². The Bertz CT molecular complexity index is 1430. The number of benzene rings is 4. The normalized spacial score (nSPS) is 11.8. The van der Waals surface area contributed by atoms with Crippen molar-refractivity contribution in [2.24, 2.45) is 12.0 Å². The van der Waals surface area contributed by atoms with Gasteiger partial charge < -0.3 is 9.30 Å². The molecule has 30 heavy (non-hydrogen) atoms. The highest BCUT2D eigenvalue weighted by atomic mass is 32.1. The summed E-state index contributed by atoms with van der Waals surface area (Å²) in [5, 5.41) is 2.33. The highest BCUT2D eigenvalue weighted by Gasteiger charge is 2.10. The van der Waals surface area contributed by atoms with Crippen molar-refractivity contribution in [1.29, 1.82) is 0 Å². The summed E-state index contributed by atoms with van der Waals surface area (Å²) < 4.78 is 8.89. The number of amides is 1. The first kappa shape index (κ1) is 18.3. The predicted molar refractivity (Wildman–Crippen MR) is 121 cm³/mol. The number of nitrogens with zero attached hydrogens (tertiary/aromatic N) is 2. The number of carbonyl (C=O) groups is 1. The molecule has 0 spiro atoms. The number of hydrogen-bond donors (Lipinski definition) is 0. The number of rotatable bonds is 3. The van der Waals surface area contributed by atoms with E-state index in [4.69, 9.17) is 4.74 Å². The molecule has 0 unspecified atom stereocenters. The number of para-hydroxylation sites is 1. The van der Waals surface area contributed by atoms with Crippen LogP contribution >= 0.6 is 11.3 Å². The molecule has 0 fully saturated rings. The fraction of sp³-hybridized carbons (Fsp3) is 0.0400.